The minimum Gasteiger partial charge on any atom is -0.399 e. The molecule has 1 amide bonds. The van der Waals surface area contributed by atoms with Gasteiger partial charge in [-0.05, 0) is 61.4 Å². The number of nitrogens with two attached hydrogens (primary N) is 1. The number of carbonyl (C=O) groups is 1. The molecule has 0 saturated carbocycles. The van der Waals surface area contributed by atoms with Crippen molar-refractivity contribution in [1.29, 1.82) is 0 Å². The molecule has 0 fully saturated rings. The number of carbonyl (C=O) groups excluding carboxylic acids is 1. The van der Waals surface area contributed by atoms with E-state index in [1.54, 1.807) is 0 Å². The highest BCUT2D eigenvalue weighted by molar-refractivity contribution is 9.10. The molecule has 1 unspecified atom stereocenters. The third-order valence-electron chi connectivity index (χ3n) is 3.63. The van der Waals surface area contributed by atoms with E-state index in [4.69, 9.17) is 5.73 Å². The second-order valence-corrected chi connectivity index (χ2v) is 6.04. The number of hydrogen-bond acceptors (Lipinski definition) is 2. The Morgan fingerprint density at radius 3 is 2.65 bits per heavy atom. The maximum Gasteiger partial charge on any atom is 0.258 e. The first-order chi connectivity index (χ1) is 9.56. The first-order valence-corrected chi connectivity index (χ1v) is 7.33. The summed E-state index contributed by atoms with van der Waals surface area (Å²) in [4.78, 5) is 14.6. The normalized spacial score (nSPS) is 17.1. The van der Waals surface area contributed by atoms with Gasteiger partial charge in [0.05, 0.1) is 0 Å². The smallest absolute Gasteiger partial charge is 0.258 e. The van der Waals surface area contributed by atoms with Crippen LogP contribution in [0.1, 0.15) is 22.8 Å². The summed E-state index contributed by atoms with van der Waals surface area (Å²) in [6.07, 6.45) is 0.850. The fraction of sp³-hybridized carbons (Fsp3) is 0.188. The molecule has 4 heteroatoms. The van der Waals surface area contributed by atoms with Gasteiger partial charge in [-0.1, -0.05) is 15.9 Å². The molecular weight excluding hydrogens is 316 g/mol. The van der Waals surface area contributed by atoms with Crippen molar-refractivity contribution < 1.29 is 4.79 Å². The van der Waals surface area contributed by atoms with Gasteiger partial charge in [-0.25, -0.2) is 0 Å². The number of fused-ring (bicyclic) bond motifs is 1. The van der Waals surface area contributed by atoms with Crippen LogP contribution in [0.15, 0.2) is 46.9 Å². The molecule has 1 heterocycles. The lowest BCUT2D eigenvalue weighted by Crippen LogP contribution is -2.35. The Labute approximate surface area is 126 Å². The van der Waals surface area contributed by atoms with Crippen LogP contribution in [-0.4, -0.2) is 11.9 Å². The number of halogens is 1. The predicted molar refractivity (Wildman–Crippen MR) is 85.0 cm³/mol. The minimum absolute atomic E-state index is 0.0357. The first kappa shape index (κ1) is 13.2. The summed E-state index contributed by atoms with van der Waals surface area (Å²) < 4.78 is 0.969. The molecule has 2 aromatic carbocycles. The molecule has 1 aliphatic heterocycles. The topological polar surface area (TPSA) is 46.3 Å². The summed E-state index contributed by atoms with van der Waals surface area (Å²) in [6, 6.07) is 13.4. The van der Waals surface area contributed by atoms with E-state index in [0.717, 1.165) is 27.8 Å². The van der Waals surface area contributed by atoms with Gasteiger partial charge in [0, 0.05) is 27.5 Å². The molecule has 0 bridgehead atoms. The Balaban J connectivity index is 1.98. The van der Waals surface area contributed by atoms with E-state index in [1.165, 1.54) is 0 Å². The van der Waals surface area contributed by atoms with Gasteiger partial charge in [0.25, 0.3) is 5.91 Å². The van der Waals surface area contributed by atoms with Crippen LogP contribution in [0, 0.1) is 0 Å². The largest absolute Gasteiger partial charge is 0.399 e. The van der Waals surface area contributed by atoms with Crippen LogP contribution in [0.2, 0.25) is 0 Å². The lowest BCUT2D eigenvalue weighted by Gasteiger charge is -2.22. The van der Waals surface area contributed by atoms with Crippen molar-refractivity contribution >= 4 is 33.2 Å². The average Bonchev–Trinajstić information content (AvgIpc) is 2.73. The Hall–Kier alpha value is -1.81. The van der Waals surface area contributed by atoms with Gasteiger partial charge in [-0.15, -0.1) is 0 Å². The summed E-state index contributed by atoms with van der Waals surface area (Å²) in [5.74, 6) is 0.0357. The number of nitrogens with zero attached hydrogens (tertiary/aromatic N) is 1. The quantitative estimate of drug-likeness (QED) is 0.811. The lowest BCUT2D eigenvalue weighted by atomic mass is 10.1. The van der Waals surface area contributed by atoms with E-state index in [0.29, 0.717) is 5.56 Å². The Morgan fingerprint density at radius 2 is 1.95 bits per heavy atom. The minimum atomic E-state index is 0.0357. The molecule has 3 nitrogen and oxygen atoms in total. The van der Waals surface area contributed by atoms with Gasteiger partial charge in [0.15, 0.2) is 0 Å². The van der Waals surface area contributed by atoms with Crippen molar-refractivity contribution in [1.82, 2.24) is 0 Å². The molecule has 1 aliphatic rings. The van der Waals surface area contributed by atoms with Crippen LogP contribution in [-0.2, 0) is 6.42 Å². The van der Waals surface area contributed by atoms with Crippen LogP contribution in [0.4, 0.5) is 11.4 Å². The molecule has 0 aliphatic carbocycles. The fourth-order valence-corrected chi connectivity index (χ4v) is 2.96. The monoisotopic (exact) mass is 330 g/mol. The second kappa shape index (κ2) is 4.94. The summed E-state index contributed by atoms with van der Waals surface area (Å²) in [5, 5.41) is 0. The van der Waals surface area contributed by atoms with E-state index >= 15 is 0 Å². The average molecular weight is 331 g/mol. The van der Waals surface area contributed by atoms with Crippen LogP contribution >= 0.6 is 15.9 Å². The first-order valence-electron chi connectivity index (χ1n) is 6.54. The van der Waals surface area contributed by atoms with Gasteiger partial charge in [-0.3, -0.25) is 4.79 Å². The van der Waals surface area contributed by atoms with Crippen LogP contribution in [0.5, 0.6) is 0 Å². The molecule has 20 heavy (non-hydrogen) atoms. The van der Waals surface area contributed by atoms with E-state index in [-0.39, 0.29) is 11.9 Å². The molecule has 2 N–H and O–H groups in total. The molecule has 0 radical (unpaired) electrons. The molecular formula is C16H15BrN2O. The molecule has 3 rings (SSSR count). The number of benzene rings is 2. The molecule has 102 valence electrons. The van der Waals surface area contributed by atoms with E-state index in [2.05, 4.69) is 22.9 Å². The number of nitrogen functional groups attached to an aromatic ring is 1. The highest BCUT2D eigenvalue weighted by Gasteiger charge is 2.31. The lowest BCUT2D eigenvalue weighted by molar-refractivity contribution is 0.0981. The van der Waals surface area contributed by atoms with Crippen LogP contribution in [0.25, 0.3) is 0 Å². The molecule has 2 aromatic rings. The van der Waals surface area contributed by atoms with Gasteiger partial charge >= 0.3 is 0 Å². The van der Waals surface area contributed by atoms with E-state index in [9.17, 15) is 4.79 Å². The Kier molecular flexibility index (Phi) is 3.26. The van der Waals surface area contributed by atoms with Gasteiger partial charge in [-0.2, -0.15) is 0 Å². The zero-order chi connectivity index (χ0) is 14.3. The van der Waals surface area contributed by atoms with E-state index < -0.39 is 0 Å². The van der Waals surface area contributed by atoms with Gasteiger partial charge in [0.2, 0.25) is 0 Å². The maximum atomic E-state index is 12.7. The fourth-order valence-electron chi connectivity index (χ4n) is 2.69. The summed E-state index contributed by atoms with van der Waals surface area (Å²) in [5.41, 5.74) is 9.37. The van der Waals surface area contributed by atoms with Crippen molar-refractivity contribution in [2.45, 2.75) is 19.4 Å². The highest BCUT2D eigenvalue weighted by atomic mass is 79.9. The molecule has 0 spiro atoms. The van der Waals surface area contributed by atoms with Crippen molar-refractivity contribution in [2.24, 2.45) is 0 Å². The summed E-state index contributed by atoms with van der Waals surface area (Å²) >= 11 is 3.38. The molecule has 0 saturated heterocycles. The standard InChI is InChI=1S/C16H15BrN2O/c1-10-8-12-9-14(18)6-7-15(12)19(10)16(20)11-2-4-13(17)5-3-11/h2-7,9-10H,8,18H2,1H3. The summed E-state index contributed by atoms with van der Waals surface area (Å²) in [7, 11) is 0. The SMILES string of the molecule is CC1Cc2cc(N)ccc2N1C(=O)c1ccc(Br)cc1. The van der Waals surface area contributed by atoms with Crippen molar-refractivity contribution in [3.05, 3.63) is 58.1 Å². The third-order valence-corrected chi connectivity index (χ3v) is 4.16. The number of amides is 1. The number of anilines is 2. The number of rotatable bonds is 1. The third kappa shape index (κ3) is 2.20. The summed E-state index contributed by atoms with van der Waals surface area (Å²) in [6.45, 7) is 2.06. The highest BCUT2D eigenvalue weighted by Crippen LogP contribution is 2.34. The van der Waals surface area contributed by atoms with Crippen molar-refractivity contribution in [3.63, 3.8) is 0 Å². The molecule has 0 aromatic heterocycles. The zero-order valence-corrected chi connectivity index (χ0v) is 12.7. The Morgan fingerprint density at radius 1 is 1.25 bits per heavy atom. The van der Waals surface area contributed by atoms with Gasteiger partial charge in [0.1, 0.15) is 0 Å². The van der Waals surface area contributed by atoms with Gasteiger partial charge < -0.3 is 10.6 Å². The van der Waals surface area contributed by atoms with E-state index in [1.807, 2.05) is 47.4 Å². The Bertz CT molecular complexity index is 667. The predicted octanol–water partition coefficient (Wildman–Crippen LogP) is 3.62. The number of hydrogen-bond donors (Lipinski definition) is 1. The zero-order valence-electron chi connectivity index (χ0n) is 11.1. The van der Waals surface area contributed by atoms with Crippen molar-refractivity contribution in [3.8, 4) is 0 Å². The van der Waals surface area contributed by atoms with Crippen molar-refractivity contribution in [2.75, 3.05) is 10.6 Å². The van der Waals surface area contributed by atoms with Crippen LogP contribution < -0.4 is 10.6 Å². The second-order valence-electron chi connectivity index (χ2n) is 5.12. The van der Waals surface area contributed by atoms with Crippen LogP contribution in [0.3, 0.4) is 0 Å². The molecule has 1 atom stereocenters. The maximum absolute atomic E-state index is 12.7.